The zero-order valence-corrected chi connectivity index (χ0v) is 15.3. The zero-order valence-electron chi connectivity index (χ0n) is 15.3. The van der Waals surface area contributed by atoms with Gasteiger partial charge in [-0.05, 0) is 41.5 Å². The number of nitrogens with zero attached hydrogens (tertiary/aromatic N) is 3. The number of hydrogen-bond donors (Lipinski definition) is 2. The molecule has 0 aliphatic carbocycles. The summed E-state index contributed by atoms with van der Waals surface area (Å²) in [6.45, 7) is 0.131. The molecule has 3 aromatic rings. The molecule has 144 valence electrons. The van der Waals surface area contributed by atoms with E-state index in [0.717, 1.165) is 5.56 Å². The van der Waals surface area contributed by atoms with Gasteiger partial charge in [0.1, 0.15) is 11.5 Å². The van der Waals surface area contributed by atoms with Crippen molar-refractivity contribution in [2.24, 2.45) is 0 Å². The summed E-state index contributed by atoms with van der Waals surface area (Å²) in [4.78, 5) is 35.1. The number of aromatic hydroxyl groups is 1. The molecule has 1 amide bonds. The van der Waals surface area contributed by atoms with Gasteiger partial charge in [0.05, 0.1) is 11.6 Å². The number of benzene rings is 1. The third kappa shape index (κ3) is 3.45. The molecule has 3 heterocycles. The van der Waals surface area contributed by atoms with Crippen LogP contribution in [0.15, 0.2) is 78.9 Å². The van der Waals surface area contributed by atoms with Crippen molar-refractivity contribution in [2.75, 3.05) is 0 Å². The summed E-state index contributed by atoms with van der Waals surface area (Å²) < 4.78 is 0. The maximum atomic E-state index is 12.9. The van der Waals surface area contributed by atoms with E-state index in [4.69, 9.17) is 0 Å². The Kier molecular flexibility index (Phi) is 4.78. The number of carbonyl (C=O) groups is 2. The van der Waals surface area contributed by atoms with Gasteiger partial charge >= 0.3 is 0 Å². The van der Waals surface area contributed by atoms with Crippen molar-refractivity contribution >= 4 is 17.4 Å². The molecule has 0 bridgehead atoms. The average molecular weight is 387 g/mol. The van der Waals surface area contributed by atoms with Gasteiger partial charge < -0.3 is 15.1 Å². The third-order valence-electron chi connectivity index (χ3n) is 4.76. The number of amides is 1. The lowest BCUT2D eigenvalue weighted by Gasteiger charge is -2.25. The Morgan fingerprint density at radius 2 is 1.79 bits per heavy atom. The van der Waals surface area contributed by atoms with Gasteiger partial charge in [-0.15, -0.1) is 0 Å². The number of likely N-dealkylation sites (tertiary alicyclic amines) is 1. The van der Waals surface area contributed by atoms with E-state index in [1.165, 1.54) is 29.4 Å². The van der Waals surface area contributed by atoms with Crippen LogP contribution >= 0.6 is 0 Å². The van der Waals surface area contributed by atoms with E-state index in [9.17, 15) is 19.8 Å². The van der Waals surface area contributed by atoms with Crippen molar-refractivity contribution in [3.8, 4) is 5.75 Å². The minimum atomic E-state index is -0.851. The fraction of sp³-hybridized carbons (Fsp3) is 0.0909. The van der Waals surface area contributed by atoms with Gasteiger partial charge in [-0.1, -0.05) is 18.2 Å². The molecule has 7 heteroatoms. The highest BCUT2D eigenvalue weighted by Gasteiger charge is 2.46. The van der Waals surface area contributed by atoms with Gasteiger partial charge in [0.15, 0.2) is 0 Å². The summed E-state index contributed by atoms with van der Waals surface area (Å²) in [5.41, 5.74) is 1.60. The van der Waals surface area contributed by atoms with Gasteiger partial charge in [0.2, 0.25) is 0 Å². The maximum absolute atomic E-state index is 12.9. The minimum Gasteiger partial charge on any atom is -0.508 e. The van der Waals surface area contributed by atoms with Crippen molar-refractivity contribution in [3.05, 3.63) is 95.6 Å². The first-order valence-corrected chi connectivity index (χ1v) is 8.93. The molecule has 2 N–H and O–H groups in total. The number of phenols is 1. The van der Waals surface area contributed by atoms with Crippen LogP contribution in [-0.2, 0) is 16.1 Å². The van der Waals surface area contributed by atoms with Crippen molar-refractivity contribution in [1.29, 1.82) is 0 Å². The minimum absolute atomic E-state index is 0.00150. The molecule has 29 heavy (non-hydrogen) atoms. The molecule has 2 aromatic heterocycles. The molecule has 1 aromatic carbocycles. The molecule has 0 spiro atoms. The number of pyridine rings is 2. The van der Waals surface area contributed by atoms with Crippen LogP contribution in [0.2, 0.25) is 0 Å². The van der Waals surface area contributed by atoms with Crippen LogP contribution in [0.5, 0.6) is 5.75 Å². The Hall–Kier alpha value is -4.00. The van der Waals surface area contributed by atoms with Gasteiger partial charge in [-0.2, -0.15) is 0 Å². The predicted octanol–water partition coefficient (Wildman–Crippen LogP) is 2.80. The molecular formula is C22H17N3O4. The van der Waals surface area contributed by atoms with Crippen LogP contribution in [0.3, 0.4) is 0 Å². The topological polar surface area (TPSA) is 104 Å². The first-order valence-electron chi connectivity index (χ1n) is 8.93. The van der Waals surface area contributed by atoms with Crippen LogP contribution in [0.25, 0.3) is 5.76 Å². The molecule has 0 radical (unpaired) electrons. The first kappa shape index (κ1) is 18.4. The number of phenolic OH excluding ortho intramolecular Hbond substituents is 1. The number of ketones is 1. The number of Topliss-reactive ketones (excluding diaryl/α,β-unsaturated/α-hetero) is 1. The molecule has 1 aliphatic rings. The SMILES string of the molecule is O=C1C(=O)N(Cc2cccnc2)C(c2cccc(O)c2)/C1=C(\O)c1ccncc1. The summed E-state index contributed by atoms with van der Waals surface area (Å²) in [5.74, 6) is -1.79. The standard InChI is InChI=1S/C22H17N3O4/c26-17-5-1-4-16(11-17)19-18(20(27)15-6-9-23-10-7-15)21(28)22(29)25(19)13-14-3-2-8-24-12-14/h1-12,19,26-27H,13H2/b20-18+. The Balaban J connectivity index is 1.87. The van der Waals surface area contributed by atoms with Crippen molar-refractivity contribution in [2.45, 2.75) is 12.6 Å². The molecule has 1 atom stereocenters. The summed E-state index contributed by atoms with van der Waals surface area (Å²) in [7, 11) is 0. The molecular weight excluding hydrogens is 370 g/mol. The van der Waals surface area contributed by atoms with Gasteiger partial charge in [-0.25, -0.2) is 0 Å². The number of aliphatic hydroxyl groups excluding tert-OH is 1. The first-order chi connectivity index (χ1) is 14.1. The number of aliphatic hydroxyl groups is 1. The van der Waals surface area contributed by atoms with E-state index in [1.807, 2.05) is 0 Å². The highest BCUT2D eigenvalue weighted by molar-refractivity contribution is 6.46. The van der Waals surface area contributed by atoms with Crippen molar-refractivity contribution in [3.63, 3.8) is 0 Å². The number of carbonyl (C=O) groups excluding carboxylic acids is 2. The molecule has 1 unspecified atom stereocenters. The lowest BCUT2D eigenvalue weighted by molar-refractivity contribution is -0.140. The Labute approximate surface area is 166 Å². The van der Waals surface area contributed by atoms with E-state index in [2.05, 4.69) is 9.97 Å². The maximum Gasteiger partial charge on any atom is 0.295 e. The van der Waals surface area contributed by atoms with E-state index < -0.39 is 17.7 Å². The summed E-state index contributed by atoms with van der Waals surface area (Å²) >= 11 is 0. The lowest BCUT2D eigenvalue weighted by Crippen LogP contribution is -2.29. The van der Waals surface area contributed by atoms with Crippen molar-refractivity contribution < 1.29 is 19.8 Å². The molecule has 7 nitrogen and oxygen atoms in total. The Bertz CT molecular complexity index is 1100. The number of rotatable bonds is 4. The fourth-order valence-corrected chi connectivity index (χ4v) is 3.44. The Morgan fingerprint density at radius 1 is 1.00 bits per heavy atom. The number of aromatic nitrogens is 2. The highest BCUT2D eigenvalue weighted by atomic mass is 16.3. The van der Waals surface area contributed by atoms with Crippen LogP contribution < -0.4 is 0 Å². The molecule has 4 rings (SSSR count). The monoisotopic (exact) mass is 387 g/mol. The molecule has 1 aliphatic heterocycles. The van der Waals surface area contributed by atoms with Crippen LogP contribution in [-0.4, -0.2) is 36.8 Å². The Morgan fingerprint density at radius 3 is 2.48 bits per heavy atom. The van der Waals surface area contributed by atoms with E-state index in [-0.39, 0.29) is 23.6 Å². The van der Waals surface area contributed by atoms with Crippen molar-refractivity contribution in [1.82, 2.24) is 14.9 Å². The normalized spacial score (nSPS) is 18.2. The largest absolute Gasteiger partial charge is 0.508 e. The third-order valence-corrected chi connectivity index (χ3v) is 4.76. The zero-order chi connectivity index (χ0) is 20.4. The van der Waals surface area contributed by atoms with Crippen LogP contribution in [0.4, 0.5) is 0 Å². The van der Waals surface area contributed by atoms with E-state index in [1.54, 1.807) is 48.8 Å². The second-order valence-electron chi connectivity index (χ2n) is 6.62. The van der Waals surface area contributed by atoms with Crippen LogP contribution in [0.1, 0.15) is 22.7 Å². The molecule has 1 fully saturated rings. The summed E-state index contributed by atoms with van der Waals surface area (Å²) in [6.07, 6.45) is 6.21. The molecule has 1 saturated heterocycles. The predicted molar refractivity (Wildman–Crippen MR) is 104 cm³/mol. The van der Waals surface area contributed by atoms with Gasteiger partial charge in [0.25, 0.3) is 11.7 Å². The van der Waals surface area contributed by atoms with Gasteiger partial charge in [-0.3, -0.25) is 19.6 Å². The quantitative estimate of drug-likeness (QED) is 0.405. The smallest absolute Gasteiger partial charge is 0.295 e. The van der Waals surface area contributed by atoms with E-state index in [0.29, 0.717) is 11.1 Å². The van der Waals surface area contributed by atoms with E-state index >= 15 is 0 Å². The summed E-state index contributed by atoms with van der Waals surface area (Å²) in [6, 6.07) is 12.1. The van der Waals surface area contributed by atoms with Crippen LogP contribution in [0, 0.1) is 0 Å². The second kappa shape index (κ2) is 7.55. The lowest BCUT2D eigenvalue weighted by atomic mass is 9.95. The second-order valence-corrected chi connectivity index (χ2v) is 6.62. The van der Waals surface area contributed by atoms with Gasteiger partial charge in [0, 0.05) is 36.9 Å². The summed E-state index contributed by atoms with van der Waals surface area (Å²) in [5, 5.41) is 20.8. The fourth-order valence-electron chi connectivity index (χ4n) is 3.44. The highest BCUT2D eigenvalue weighted by Crippen LogP contribution is 2.40. The number of hydrogen-bond acceptors (Lipinski definition) is 6. The molecule has 0 saturated carbocycles. The average Bonchev–Trinajstić information content (AvgIpc) is 2.99.